The van der Waals surface area contributed by atoms with Gasteiger partial charge in [-0.3, -0.25) is 9.59 Å². The molecular formula is C19H27N3O2S2. The highest BCUT2D eigenvalue weighted by atomic mass is 32.1. The second-order valence-corrected chi connectivity index (χ2v) is 8.64. The number of aromatic nitrogens is 2. The second kappa shape index (κ2) is 10.5. The van der Waals surface area contributed by atoms with Crippen LogP contribution in [0.1, 0.15) is 68.2 Å². The van der Waals surface area contributed by atoms with Gasteiger partial charge in [0.25, 0.3) is 0 Å². The number of carbonyl (C=O) groups excluding carboxylic acids is 2. The molecule has 2 aromatic heterocycles. The maximum Gasteiger partial charge on any atom is 0.219 e. The Morgan fingerprint density at radius 3 is 2.65 bits per heavy atom. The first-order valence-corrected chi connectivity index (χ1v) is 10.9. The molecule has 0 aromatic carbocycles. The highest BCUT2D eigenvalue weighted by molar-refractivity contribution is 7.20. The van der Waals surface area contributed by atoms with Crippen molar-refractivity contribution in [1.29, 1.82) is 0 Å². The van der Waals surface area contributed by atoms with Crippen molar-refractivity contribution < 1.29 is 9.59 Å². The number of unbranched alkanes of at least 4 members (excludes halogenated alkanes) is 2. The number of thiazole rings is 2. The van der Waals surface area contributed by atoms with Gasteiger partial charge in [0.15, 0.2) is 15.8 Å². The molecule has 1 N–H and O–H groups in total. The third-order valence-corrected chi connectivity index (χ3v) is 5.89. The van der Waals surface area contributed by atoms with E-state index < -0.39 is 0 Å². The normalized spacial score (nSPS) is 11.1. The van der Waals surface area contributed by atoms with Gasteiger partial charge in [-0.15, -0.1) is 22.7 Å². The lowest BCUT2D eigenvalue weighted by molar-refractivity contribution is -0.120. The van der Waals surface area contributed by atoms with Crippen LogP contribution < -0.4 is 5.32 Å². The molecule has 0 aliphatic rings. The Morgan fingerprint density at radius 2 is 2.00 bits per heavy atom. The van der Waals surface area contributed by atoms with E-state index in [0.29, 0.717) is 31.0 Å². The Labute approximate surface area is 163 Å². The summed E-state index contributed by atoms with van der Waals surface area (Å²) in [6.45, 7) is 6.84. The zero-order valence-electron chi connectivity index (χ0n) is 15.7. The molecule has 0 atom stereocenters. The van der Waals surface area contributed by atoms with Gasteiger partial charge in [0.05, 0.1) is 0 Å². The molecule has 7 heteroatoms. The SMILES string of the molecule is CCC(=O)NCCCCCC(=O)c1nc(-c2nccs2)sc1CC(C)C. The van der Waals surface area contributed by atoms with E-state index in [1.165, 1.54) is 0 Å². The fraction of sp³-hybridized carbons (Fsp3) is 0.579. The fourth-order valence-electron chi connectivity index (χ4n) is 2.56. The first-order valence-electron chi connectivity index (χ1n) is 9.20. The van der Waals surface area contributed by atoms with Crippen LogP contribution in [0.3, 0.4) is 0 Å². The predicted molar refractivity (Wildman–Crippen MR) is 108 cm³/mol. The lowest BCUT2D eigenvalue weighted by Crippen LogP contribution is -2.23. The zero-order valence-corrected chi connectivity index (χ0v) is 17.3. The number of nitrogens with zero attached hydrogens (tertiary/aromatic N) is 2. The predicted octanol–water partition coefficient (Wildman–Crippen LogP) is 4.73. The van der Waals surface area contributed by atoms with Crippen molar-refractivity contribution in [2.24, 2.45) is 5.92 Å². The van der Waals surface area contributed by atoms with Gasteiger partial charge >= 0.3 is 0 Å². The standard InChI is InChI=1S/C19H27N3O2S2/c1-4-16(24)20-9-7-5-6-8-14(23)17-15(12-13(2)3)26-19(22-17)18-21-10-11-25-18/h10-11,13H,4-9,12H2,1-3H3,(H,20,24). The van der Waals surface area contributed by atoms with Crippen LogP contribution >= 0.6 is 22.7 Å². The van der Waals surface area contributed by atoms with Crippen LogP contribution in [0.5, 0.6) is 0 Å². The van der Waals surface area contributed by atoms with Gasteiger partial charge in [-0.2, -0.15) is 0 Å². The Balaban J connectivity index is 1.91. The summed E-state index contributed by atoms with van der Waals surface area (Å²) >= 11 is 3.15. The molecule has 2 heterocycles. The minimum atomic E-state index is 0.0802. The first-order chi connectivity index (χ1) is 12.5. The molecule has 0 unspecified atom stereocenters. The molecule has 0 spiro atoms. The van der Waals surface area contributed by atoms with Gasteiger partial charge in [-0.1, -0.05) is 27.2 Å². The summed E-state index contributed by atoms with van der Waals surface area (Å²) in [5.41, 5.74) is 0.633. The summed E-state index contributed by atoms with van der Waals surface area (Å²) in [6.07, 6.45) is 6.32. The molecule has 26 heavy (non-hydrogen) atoms. The summed E-state index contributed by atoms with van der Waals surface area (Å²) in [4.78, 5) is 33.9. The molecule has 5 nitrogen and oxygen atoms in total. The highest BCUT2D eigenvalue weighted by Crippen LogP contribution is 2.31. The van der Waals surface area contributed by atoms with E-state index in [1.54, 1.807) is 28.9 Å². The number of rotatable bonds is 11. The number of hydrogen-bond donors (Lipinski definition) is 1. The molecule has 0 saturated heterocycles. The highest BCUT2D eigenvalue weighted by Gasteiger charge is 2.20. The summed E-state index contributed by atoms with van der Waals surface area (Å²) in [7, 11) is 0. The van der Waals surface area contributed by atoms with Gasteiger partial charge in [0, 0.05) is 35.8 Å². The van der Waals surface area contributed by atoms with Gasteiger partial charge < -0.3 is 5.32 Å². The maximum atomic E-state index is 12.7. The van der Waals surface area contributed by atoms with E-state index in [4.69, 9.17) is 0 Å². The smallest absolute Gasteiger partial charge is 0.219 e. The molecule has 0 saturated carbocycles. The van der Waals surface area contributed by atoms with Gasteiger partial charge in [-0.25, -0.2) is 9.97 Å². The topological polar surface area (TPSA) is 72.0 Å². The van der Waals surface area contributed by atoms with Crippen molar-refractivity contribution in [3.8, 4) is 10.0 Å². The first kappa shape index (κ1) is 20.7. The minimum Gasteiger partial charge on any atom is -0.356 e. The monoisotopic (exact) mass is 393 g/mol. The minimum absolute atomic E-state index is 0.0802. The summed E-state index contributed by atoms with van der Waals surface area (Å²) in [6, 6.07) is 0. The molecule has 0 aliphatic heterocycles. The van der Waals surface area contributed by atoms with Crippen LogP contribution in [0.15, 0.2) is 11.6 Å². The largest absolute Gasteiger partial charge is 0.356 e. The van der Waals surface area contributed by atoms with E-state index in [-0.39, 0.29) is 11.7 Å². The molecule has 1 amide bonds. The Bertz CT molecular complexity index is 708. The Morgan fingerprint density at radius 1 is 1.19 bits per heavy atom. The van der Waals surface area contributed by atoms with Crippen LogP contribution in [0, 0.1) is 5.92 Å². The average Bonchev–Trinajstić information content (AvgIpc) is 3.26. The number of ketones is 1. The lowest BCUT2D eigenvalue weighted by Gasteiger charge is -2.05. The fourth-order valence-corrected chi connectivity index (χ4v) is 4.53. The van der Waals surface area contributed by atoms with Crippen LogP contribution in [-0.4, -0.2) is 28.2 Å². The van der Waals surface area contributed by atoms with Crippen molar-refractivity contribution in [1.82, 2.24) is 15.3 Å². The lowest BCUT2D eigenvalue weighted by atomic mass is 10.0. The molecule has 0 fully saturated rings. The summed E-state index contributed by atoms with van der Waals surface area (Å²) in [5, 5.41) is 6.52. The zero-order chi connectivity index (χ0) is 18.9. The van der Waals surface area contributed by atoms with Crippen molar-refractivity contribution in [2.75, 3.05) is 6.54 Å². The number of amides is 1. The van der Waals surface area contributed by atoms with Crippen molar-refractivity contribution in [3.05, 3.63) is 22.1 Å². The van der Waals surface area contributed by atoms with Gasteiger partial charge in [0.2, 0.25) is 5.91 Å². The molecule has 0 bridgehead atoms. The van der Waals surface area contributed by atoms with Gasteiger partial charge in [-0.05, 0) is 25.2 Å². The van der Waals surface area contributed by atoms with E-state index >= 15 is 0 Å². The average molecular weight is 394 g/mol. The van der Waals surface area contributed by atoms with Crippen molar-refractivity contribution in [2.45, 2.75) is 59.3 Å². The number of nitrogens with one attached hydrogen (secondary N) is 1. The molecule has 2 rings (SSSR count). The number of carbonyl (C=O) groups is 2. The van der Waals surface area contributed by atoms with Gasteiger partial charge in [0.1, 0.15) is 5.69 Å². The summed E-state index contributed by atoms with van der Waals surface area (Å²) in [5.74, 6) is 0.683. The number of hydrogen-bond acceptors (Lipinski definition) is 6. The van der Waals surface area contributed by atoms with Crippen molar-refractivity contribution in [3.63, 3.8) is 0 Å². The van der Waals surface area contributed by atoms with E-state index in [1.807, 2.05) is 12.3 Å². The van der Waals surface area contributed by atoms with E-state index in [0.717, 1.165) is 40.6 Å². The maximum absolute atomic E-state index is 12.7. The molecule has 0 radical (unpaired) electrons. The molecule has 2 aromatic rings. The van der Waals surface area contributed by atoms with Crippen LogP contribution in [-0.2, 0) is 11.2 Å². The third kappa shape index (κ3) is 6.29. The molecule has 0 aliphatic carbocycles. The summed E-state index contributed by atoms with van der Waals surface area (Å²) < 4.78 is 0. The second-order valence-electron chi connectivity index (χ2n) is 6.66. The Kier molecular flexibility index (Phi) is 8.38. The molecule has 142 valence electrons. The van der Waals surface area contributed by atoms with Crippen molar-refractivity contribution >= 4 is 34.4 Å². The van der Waals surface area contributed by atoms with E-state index in [2.05, 4.69) is 29.1 Å². The van der Waals surface area contributed by atoms with Crippen LogP contribution in [0.25, 0.3) is 10.0 Å². The van der Waals surface area contributed by atoms with Crippen LogP contribution in [0.2, 0.25) is 0 Å². The number of Topliss-reactive ketones (excluding diaryl/α,β-unsaturated/α-hetero) is 1. The van der Waals surface area contributed by atoms with E-state index in [9.17, 15) is 9.59 Å². The quantitative estimate of drug-likeness (QED) is 0.442. The van der Waals surface area contributed by atoms with Crippen LogP contribution in [0.4, 0.5) is 0 Å². The Hall–Kier alpha value is -1.60. The third-order valence-electron chi connectivity index (χ3n) is 3.89. The molecular weight excluding hydrogens is 366 g/mol.